The number of ether oxygens (including phenoxy) is 1. The van der Waals surface area contributed by atoms with Crippen molar-refractivity contribution in [2.45, 2.75) is 18.2 Å². The van der Waals surface area contributed by atoms with Crippen LogP contribution in [0.1, 0.15) is 16.7 Å². The van der Waals surface area contributed by atoms with Crippen LogP contribution in [0.3, 0.4) is 0 Å². The van der Waals surface area contributed by atoms with Crippen LogP contribution in [-0.2, 0) is 26.5 Å². The lowest BCUT2D eigenvalue weighted by Crippen LogP contribution is -2.73. The van der Waals surface area contributed by atoms with E-state index in [9.17, 15) is 9.59 Å². The summed E-state index contributed by atoms with van der Waals surface area (Å²) in [6.45, 7) is -0.0257. The predicted octanol–water partition coefficient (Wildman–Crippen LogP) is 4.13. The van der Waals surface area contributed by atoms with Crippen LogP contribution in [-0.4, -0.2) is 36.4 Å². The Labute approximate surface area is 190 Å². The summed E-state index contributed by atoms with van der Waals surface area (Å²) in [7, 11) is 1.64. The summed E-state index contributed by atoms with van der Waals surface area (Å²) in [5.74, 6) is -1.12. The molecule has 5 nitrogen and oxygen atoms in total. The van der Waals surface area contributed by atoms with Crippen molar-refractivity contribution in [3.63, 3.8) is 0 Å². The summed E-state index contributed by atoms with van der Waals surface area (Å²) in [6, 6.07) is 20.8. The van der Waals surface area contributed by atoms with E-state index in [1.165, 1.54) is 15.9 Å². The van der Waals surface area contributed by atoms with Crippen molar-refractivity contribution in [2.75, 3.05) is 18.5 Å². The molecule has 0 saturated carbocycles. The van der Waals surface area contributed by atoms with Gasteiger partial charge in [0.05, 0.1) is 6.61 Å². The smallest absolute Gasteiger partial charge is 0.256 e. The van der Waals surface area contributed by atoms with Gasteiger partial charge in [0, 0.05) is 28.9 Å². The molecule has 2 aliphatic heterocycles. The summed E-state index contributed by atoms with van der Waals surface area (Å²) in [6.07, 6.45) is -1.02. The molecular formula is C25H20ClFN2O3. The minimum absolute atomic E-state index is 0.168. The van der Waals surface area contributed by atoms with E-state index in [1.807, 2.05) is 30.3 Å². The molecule has 2 aliphatic rings. The van der Waals surface area contributed by atoms with Crippen LogP contribution in [0.15, 0.2) is 72.8 Å². The lowest BCUT2D eigenvalue weighted by Gasteiger charge is -2.56. The number of benzene rings is 3. The van der Waals surface area contributed by atoms with Crippen LogP contribution in [0.5, 0.6) is 0 Å². The molecule has 162 valence electrons. The monoisotopic (exact) mass is 450 g/mol. The third-order valence-electron chi connectivity index (χ3n) is 6.24. The minimum Gasteiger partial charge on any atom is -0.360 e. The van der Waals surface area contributed by atoms with Crippen molar-refractivity contribution in [1.82, 2.24) is 4.90 Å². The van der Waals surface area contributed by atoms with E-state index in [0.717, 1.165) is 5.56 Å². The Kier molecular flexibility index (Phi) is 4.99. The van der Waals surface area contributed by atoms with Crippen molar-refractivity contribution in [3.8, 4) is 0 Å². The van der Waals surface area contributed by atoms with Crippen LogP contribution in [0.2, 0.25) is 5.02 Å². The Morgan fingerprint density at radius 2 is 1.75 bits per heavy atom. The molecule has 2 amide bonds. The van der Waals surface area contributed by atoms with Crippen molar-refractivity contribution in [1.29, 1.82) is 0 Å². The maximum absolute atomic E-state index is 15.3. The molecule has 2 atom stereocenters. The third-order valence-corrected chi connectivity index (χ3v) is 6.47. The first kappa shape index (κ1) is 20.7. The van der Waals surface area contributed by atoms with Gasteiger partial charge in [0.15, 0.2) is 6.10 Å². The number of β-lactam (4-membered cyclic amide) rings is 1. The van der Waals surface area contributed by atoms with Crippen LogP contribution in [0.4, 0.5) is 10.1 Å². The molecule has 5 rings (SSSR count). The van der Waals surface area contributed by atoms with Crippen LogP contribution < -0.4 is 4.90 Å². The summed E-state index contributed by atoms with van der Waals surface area (Å²) in [5, 5.41) is 0.420. The molecule has 0 aromatic heterocycles. The largest absolute Gasteiger partial charge is 0.360 e. The number of hydrogen-bond donors (Lipinski definition) is 0. The summed E-state index contributed by atoms with van der Waals surface area (Å²) < 4.78 is 21.4. The second-order valence-corrected chi connectivity index (χ2v) is 8.40. The van der Waals surface area contributed by atoms with Crippen LogP contribution in [0.25, 0.3) is 0 Å². The Hall–Kier alpha value is -3.22. The number of anilines is 1. The van der Waals surface area contributed by atoms with Gasteiger partial charge in [-0.3, -0.25) is 9.59 Å². The zero-order valence-corrected chi connectivity index (χ0v) is 18.1. The van der Waals surface area contributed by atoms with E-state index in [0.29, 0.717) is 16.3 Å². The van der Waals surface area contributed by atoms with Gasteiger partial charge in [0.25, 0.3) is 5.91 Å². The van der Waals surface area contributed by atoms with Gasteiger partial charge in [0.1, 0.15) is 17.9 Å². The summed E-state index contributed by atoms with van der Waals surface area (Å²) in [4.78, 5) is 29.1. The van der Waals surface area contributed by atoms with Gasteiger partial charge in [-0.15, -0.1) is 0 Å². The first-order chi connectivity index (χ1) is 15.4. The van der Waals surface area contributed by atoms with Gasteiger partial charge in [-0.05, 0) is 29.8 Å². The fraction of sp³-hybridized carbons (Fsp3) is 0.200. The second-order valence-electron chi connectivity index (χ2n) is 7.96. The standard InChI is InChI=1S/C25H20ClFN2O3/c1-28-21-12-11-17(26)13-19(21)25(18-9-5-6-10-20(18)27)23(24(31)29(25)14-22(28)30)32-15-16-7-3-2-4-8-16/h2-13,23H,14-15H2,1H3/t23-,25-/m1/s1. The van der Waals surface area contributed by atoms with Crippen molar-refractivity contribution < 1.29 is 18.7 Å². The van der Waals surface area contributed by atoms with E-state index in [-0.39, 0.29) is 30.5 Å². The van der Waals surface area contributed by atoms with Gasteiger partial charge in [0.2, 0.25) is 5.91 Å². The number of fused-ring (bicyclic) bond motifs is 3. The van der Waals surface area contributed by atoms with Gasteiger partial charge in [-0.2, -0.15) is 0 Å². The number of likely N-dealkylation sites (N-methyl/N-ethyl adjacent to an activating group) is 1. The molecular weight excluding hydrogens is 431 g/mol. The fourth-order valence-corrected chi connectivity index (χ4v) is 4.86. The molecule has 1 fully saturated rings. The fourth-order valence-electron chi connectivity index (χ4n) is 4.69. The minimum atomic E-state index is -1.32. The number of halogens is 2. The van der Waals surface area contributed by atoms with Gasteiger partial charge < -0.3 is 14.5 Å². The van der Waals surface area contributed by atoms with Crippen LogP contribution in [0, 0.1) is 5.82 Å². The van der Waals surface area contributed by atoms with Crippen molar-refractivity contribution in [2.24, 2.45) is 0 Å². The van der Waals surface area contributed by atoms with Gasteiger partial charge in [-0.1, -0.05) is 60.1 Å². The molecule has 0 unspecified atom stereocenters. The molecule has 2 heterocycles. The van der Waals surface area contributed by atoms with E-state index in [2.05, 4.69) is 0 Å². The molecule has 0 bridgehead atoms. The number of hydrogen-bond acceptors (Lipinski definition) is 3. The van der Waals surface area contributed by atoms with E-state index in [1.54, 1.807) is 43.4 Å². The Morgan fingerprint density at radius 1 is 1.03 bits per heavy atom. The third kappa shape index (κ3) is 2.94. The second kappa shape index (κ2) is 7.73. The molecule has 0 aliphatic carbocycles. The average Bonchev–Trinajstić information content (AvgIpc) is 2.88. The van der Waals surface area contributed by atoms with E-state index >= 15 is 4.39 Å². The molecule has 0 radical (unpaired) electrons. The topological polar surface area (TPSA) is 49.9 Å². The molecule has 1 saturated heterocycles. The Bertz CT molecular complexity index is 1220. The number of carbonyl (C=O) groups excluding carboxylic acids is 2. The SMILES string of the molecule is CN1C(=O)CN2C(=O)[C@@H](OCc3ccccc3)[C@@]2(c2ccccc2F)c2cc(Cl)ccc21. The molecule has 0 N–H and O–H groups in total. The maximum atomic E-state index is 15.3. The zero-order valence-electron chi connectivity index (χ0n) is 17.3. The highest BCUT2D eigenvalue weighted by Crippen LogP contribution is 2.54. The number of amides is 2. The zero-order chi connectivity index (χ0) is 22.5. The summed E-state index contributed by atoms with van der Waals surface area (Å²) in [5.41, 5.74) is 0.949. The lowest BCUT2D eigenvalue weighted by molar-refractivity contribution is -0.192. The van der Waals surface area contributed by atoms with E-state index in [4.69, 9.17) is 16.3 Å². The van der Waals surface area contributed by atoms with Gasteiger partial charge >= 0.3 is 0 Å². The highest BCUT2D eigenvalue weighted by atomic mass is 35.5. The van der Waals surface area contributed by atoms with Gasteiger partial charge in [-0.25, -0.2) is 4.39 Å². The first-order valence-corrected chi connectivity index (χ1v) is 10.6. The Balaban J connectivity index is 1.72. The number of rotatable bonds is 4. The van der Waals surface area contributed by atoms with Crippen molar-refractivity contribution >= 4 is 29.1 Å². The quantitative estimate of drug-likeness (QED) is 0.562. The first-order valence-electron chi connectivity index (χ1n) is 10.2. The molecule has 7 heteroatoms. The molecule has 3 aromatic carbocycles. The highest BCUT2D eigenvalue weighted by Gasteiger charge is 2.66. The van der Waals surface area contributed by atoms with Crippen LogP contribution >= 0.6 is 11.6 Å². The van der Waals surface area contributed by atoms with Crippen molar-refractivity contribution in [3.05, 3.63) is 100 Å². The summed E-state index contributed by atoms with van der Waals surface area (Å²) >= 11 is 6.36. The average molecular weight is 451 g/mol. The maximum Gasteiger partial charge on any atom is 0.256 e. The van der Waals surface area contributed by atoms with E-state index < -0.39 is 17.5 Å². The molecule has 32 heavy (non-hydrogen) atoms. The highest BCUT2D eigenvalue weighted by molar-refractivity contribution is 6.30. The lowest BCUT2D eigenvalue weighted by atomic mass is 9.69. The predicted molar refractivity (Wildman–Crippen MR) is 119 cm³/mol. The number of carbonyl (C=O) groups is 2. The molecule has 0 spiro atoms. The number of nitrogens with zero attached hydrogens (tertiary/aromatic N) is 2. The Morgan fingerprint density at radius 3 is 2.50 bits per heavy atom. The molecule has 3 aromatic rings. The normalized spacial score (nSPS) is 22.2.